The second kappa shape index (κ2) is 4.94. The number of hydrogen-bond acceptors (Lipinski definition) is 2. The van der Waals surface area contributed by atoms with Crippen LogP contribution in [0.15, 0.2) is 41.3 Å². The third-order valence-corrected chi connectivity index (χ3v) is 3.74. The molecule has 0 radical (unpaired) electrons. The minimum atomic E-state index is 0.138. The van der Waals surface area contributed by atoms with E-state index < -0.39 is 0 Å². The lowest BCUT2D eigenvalue weighted by Gasteiger charge is -2.23. The predicted molar refractivity (Wildman–Crippen MR) is 73.8 cm³/mol. The molecule has 1 aromatic carbocycles. The van der Waals surface area contributed by atoms with Gasteiger partial charge in [0.15, 0.2) is 0 Å². The molecule has 1 atom stereocenters. The highest BCUT2D eigenvalue weighted by Crippen LogP contribution is 2.13. The molecular weight excluding hydrogens is 224 g/mol. The standard InChI is InChI=1S/C15H18N2O/c18-15-14-6-2-1-5-13(14)7-9-17(15)11-12-4-3-8-16-10-12/h1-2,5-7,9,12,16H,3-4,8,10-11H2/t12-/m0/s1. The number of benzene rings is 1. The van der Waals surface area contributed by atoms with Crippen molar-refractivity contribution in [3.63, 3.8) is 0 Å². The molecule has 1 saturated heterocycles. The fourth-order valence-electron chi connectivity index (χ4n) is 2.73. The number of nitrogens with zero attached hydrogens (tertiary/aromatic N) is 1. The topological polar surface area (TPSA) is 34.0 Å². The van der Waals surface area contributed by atoms with Crippen molar-refractivity contribution in [2.24, 2.45) is 5.92 Å². The molecule has 1 aliphatic rings. The first-order valence-electron chi connectivity index (χ1n) is 6.63. The molecule has 94 valence electrons. The maximum absolute atomic E-state index is 12.3. The van der Waals surface area contributed by atoms with Crippen LogP contribution in [-0.4, -0.2) is 17.7 Å². The maximum atomic E-state index is 12.3. The maximum Gasteiger partial charge on any atom is 0.258 e. The Bertz CT molecular complexity index is 597. The molecule has 1 N–H and O–H groups in total. The summed E-state index contributed by atoms with van der Waals surface area (Å²) < 4.78 is 1.86. The van der Waals surface area contributed by atoms with Gasteiger partial charge in [0.05, 0.1) is 0 Å². The third-order valence-electron chi connectivity index (χ3n) is 3.74. The van der Waals surface area contributed by atoms with E-state index in [1.807, 2.05) is 41.1 Å². The summed E-state index contributed by atoms with van der Waals surface area (Å²) in [6.45, 7) is 2.97. The Morgan fingerprint density at radius 3 is 3.00 bits per heavy atom. The van der Waals surface area contributed by atoms with Crippen LogP contribution in [0.25, 0.3) is 10.8 Å². The van der Waals surface area contributed by atoms with Crippen molar-refractivity contribution in [1.82, 2.24) is 9.88 Å². The summed E-state index contributed by atoms with van der Waals surface area (Å²) >= 11 is 0. The summed E-state index contributed by atoms with van der Waals surface area (Å²) in [6.07, 6.45) is 4.36. The Labute approximate surface area is 106 Å². The lowest BCUT2D eigenvalue weighted by Crippen LogP contribution is -2.34. The highest BCUT2D eigenvalue weighted by molar-refractivity contribution is 5.81. The molecule has 2 heterocycles. The van der Waals surface area contributed by atoms with Crippen LogP contribution in [0.4, 0.5) is 0 Å². The summed E-state index contributed by atoms with van der Waals surface area (Å²) in [5.41, 5.74) is 0.138. The van der Waals surface area contributed by atoms with Gasteiger partial charge in [0.2, 0.25) is 0 Å². The lowest BCUT2D eigenvalue weighted by molar-refractivity contribution is 0.334. The van der Waals surface area contributed by atoms with Gasteiger partial charge < -0.3 is 9.88 Å². The smallest absolute Gasteiger partial charge is 0.258 e. The molecule has 0 bridgehead atoms. The molecule has 0 saturated carbocycles. The van der Waals surface area contributed by atoms with Crippen LogP contribution in [0.1, 0.15) is 12.8 Å². The highest BCUT2D eigenvalue weighted by atomic mass is 16.1. The largest absolute Gasteiger partial charge is 0.316 e. The van der Waals surface area contributed by atoms with Crippen molar-refractivity contribution in [2.45, 2.75) is 19.4 Å². The average molecular weight is 242 g/mol. The van der Waals surface area contributed by atoms with Crippen LogP contribution in [0.2, 0.25) is 0 Å². The fourth-order valence-corrected chi connectivity index (χ4v) is 2.73. The molecule has 3 nitrogen and oxygen atoms in total. The molecule has 1 aromatic heterocycles. The summed E-state index contributed by atoms with van der Waals surface area (Å²) in [5, 5.41) is 5.25. The van der Waals surface area contributed by atoms with E-state index in [0.717, 1.165) is 30.4 Å². The van der Waals surface area contributed by atoms with E-state index in [0.29, 0.717) is 5.92 Å². The summed E-state index contributed by atoms with van der Waals surface area (Å²) in [4.78, 5) is 12.3. The fraction of sp³-hybridized carbons (Fsp3) is 0.400. The average Bonchev–Trinajstić information content (AvgIpc) is 2.43. The van der Waals surface area contributed by atoms with E-state index in [1.165, 1.54) is 12.8 Å². The number of hydrogen-bond donors (Lipinski definition) is 1. The normalized spacial score (nSPS) is 20.1. The first-order chi connectivity index (χ1) is 8.84. The van der Waals surface area contributed by atoms with Gasteiger partial charge in [-0.3, -0.25) is 4.79 Å². The summed E-state index contributed by atoms with van der Waals surface area (Å²) in [6, 6.07) is 9.83. The first kappa shape index (κ1) is 11.5. The van der Waals surface area contributed by atoms with Gasteiger partial charge in [-0.2, -0.15) is 0 Å². The number of pyridine rings is 1. The number of fused-ring (bicyclic) bond motifs is 1. The zero-order valence-electron chi connectivity index (χ0n) is 10.4. The van der Waals surface area contributed by atoms with Crippen molar-refractivity contribution in [2.75, 3.05) is 13.1 Å². The summed E-state index contributed by atoms with van der Waals surface area (Å²) in [7, 11) is 0. The second-order valence-electron chi connectivity index (χ2n) is 5.07. The molecule has 0 unspecified atom stereocenters. The molecule has 0 amide bonds. The highest BCUT2D eigenvalue weighted by Gasteiger charge is 2.14. The van der Waals surface area contributed by atoms with Crippen molar-refractivity contribution < 1.29 is 0 Å². The Kier molecular flexibility index (Phi) is 3.15. The zero-order valence-corrected chi connectivity index (χ0v) is 10.4. The predicted octanol–water partition coefficient (Wildman–Crippen LogP) is 2.00. The SMILES string of the molecule is O=c1c2ccccc2ccn1C[C@H]1CCCNC1. The number of piperidine rings is 1. The molecule has 0 aliphatic carbocycles. The van der Waals surface area contributed by atoms with Gasteiger partial charge in [0.25, 0.3) is 5.56 Å². The van der Waals surface area contributed by atoms with E-state index in [2.05, 4.69) is 5.32 Å². The van der Waals surface area contributed by atoms with Crippen LogP contribution in [0.5, 0.6) is 0 Å². The van der Waals surface area contributed by atoms with Crippen LogP contribution in [0.3, 0.4) is 0 Å². The number of rotatable bonds is 2. The molecule has 0 spiro atoms. The van der Waals surface area contributed by atoms with E-state index in [1.54, 1.807) is 0 Å². The number of aromatic nitrogens is 1. The molecule has 3 rings (SSSR count). The number of nitrogens with one attached hydrogen (secondary N) is 1. The van der Waals surface area contributed by atoms with Crippen molar-refractivity contribution in [1.29, 1.82) is 0 Å². The van der Waals surface area contributed by atoms with Crippen LogP contribution >= 0.6 is 0 Å². The van der Waals surface area contributed by atoms with Crippen LogP contribution in [0, 0.1) is 5.92 Å². The van der Waals surface area contributed by atoms with Crippen molar-refractivity contribution in [3.8, 4) is 0 Å². The Morgan fingerprint density at radius 2 is 2.17 bits per heavy atom. The second-order valence-corrected chi connectivity index (χ2v) is 5.07. The van der Waals surface area contributed by atoms with E-state index >= 15 is 0 Å². The van der Waals surface area contributed by atoms with E-state index in [9.17, 15) is 4.79 Å². The Hall–Kier alpha value is -1.61. The van der Waals surface area contributed by atoms with Crippen LogP contribution < -0.4 is 10.9 Å². The van der Waals surface area contributed by atoms with Gasteiger partial charge in [0.1, 0.15) is 0 Å². The van der Waals surface area contributed by atoms with Gasteiger partial charge in [-0.15, -0.1) is 0 Å². The third kappa shape index (κ3) is 2.18. The molecule has 1 aliphatic heterocycles. The van der Waals surface area contributed by atoms with Gasteiger partial charge in [-0.25, -0.2) is 0 Å². The van der Waals surface area contributed by atoms with Crippen LogP contribution in [-0.2, 0) is 6.54 Å². The van der Waals surface area contributed by atoms with Gasteiger partial charge in [-0.1, -0.05) is 18.2 Å². The van der Waals surface area contributed by atoms with Gasteiger partial charge >= 0.3 is 0 Å². The summed E-state index contributed by atoms with van der Waals surface area (Å²) in [5.74, 6) is 0.581. The minimum Gasteiger partial charge on any atom is -0.316 e. The molecule has 18 heavy (non-hydrogen) atoms. The van der Waals surface area contributed by atoms with Gasteiger partial charge in [0, 0.05) is 18.1 Å². The first-order valence-corrected chi connectivity index (χ1v) is 6.63. The minimum absolute atomic E-state index is 0.138. The molecule has 2 aromatic rings. The van der Waals surface area contributed by atoms with Gasteiger partial charge in [-0.05, 0) is 49.4 Å². The monoisotopic (exact) mass is 242 g/mol. The quantitative estimate of drug-likeness (QED) is 0.874. The van der Waals surface area contributed by atoms with Crippen molar-refractivity contribution in [3.05, 3.63) is 46.9 Å². The lowest BCUT2D eigenvalue weighted by atomic mass is 9.99. The van der Waals surface area contributed by atoms with Crippen molar-refractivity contribution >= 4 is 10.8 Å². The van der Waals surface area contributed by atoms with E-state index in [4.69, 9.17) is 0 Å². The Morgan fingerprint density at radius 1 is 1.28 bits per heavy atom. The molecular formula is C15H18N2O. The zero-order chi connectivity index (χ0) is 12.4. The molecule has 3 heteroatoms. The Balaban J connectivity index is 1.92. The molecule has 1 fully saturated rings. The van der Waals surface area contributed by atoms with E-state index in [-0.39, 0.29) is 5.56 Å².